The molecule has 2 rings (SSSR count). The summed E-state index contributed by atoms with van der Waals surface area (Å²) in [4.78, 5) is 36.1. The van der Waals surface area contributed by atoms with Crippen LogP contribution in [0.4, 0.5) is 0 Å². The molecule has 0 aliphatic rings. The lowest BCUT2D eigenvalue weighted by atomic mass is 10.1. The number of carbonyl (C=O) groups excluding carboxylic acids is 3. The first-order valence-corrected chi connectivity index (χ1v) is 8.84. The lowest BCUT2D eigenvalue weighted by Gasteiger charge is -2.16. The number of rotatable bonds is 9. The van der Waals surface area contributed by atoms with Crippen LogP contribution in [0.1, 0.15) is 22.8 Å². The molecule has 2 aromatic rings. The van der Waals surface area contributed by atoms with E-state index in [0.717, 1.165) is 5.56 Å². The summed E-state index contributed by atoms with van der Waals surface area (Å²) in [5.41, 5.74) is 1.16. The lowest BCUT2D eigenvalue weighted by Crippen LogP contribution is -2.44. The van der Waals surface area contributed by atoms with E-state index in [-0.39, 0.29) is 6.42 Å². The molecular weight excluding hydrogens is 362 g/mol. The zero-order valence-corrected chi connectivity index (χ0v) is 15.8. The molecule has 0 aromatic heterocycles. The summed E-state index contributed by atoms with van der Waals surface area (Å²) < 4.78 is 15.1. The van der Waals surface area contributed by atoms with Crippen molar-refractivity contribution in [1.29, 1.82) is 0 Å². The average Bonchev–Trinajstić information content (AvgIpc) is 2.72. The van der Waals surface area contributed by atoms with Crippen LogP contribution in [0.3, 0.4) is 0 Å². The van der Waals surface area contributed by atoms with Gasteiger partial charge in [0, 0.05) is 6.42 Å². The van der Waals surface area contributed by atoms with E-state index in [1.54, 1.807) is 24.3 Å². The van der Waals surface area contributed by atoms with Gasteiger partial charge < -0.3 is 19.5 Å². The SMILES string of the molecule is CCOc1ccc(C(=O)OCC(=O)N[C@H](Cc2ccccc2)C(=O)OC)cc1. The highest BCUT2D eigenvalue weighted by molar-refractivity contribution is 5.92. The molecule has 0 saturated carbocycles. The Morgan fingerprint density at radius 1 is 1.00 bits per heavy atom. The molecule has 7 nitrogen and oxygen atoms in total. The molecule has 28 heavy (non-hydrogen) atoms. The number of nitrogens with one attached hydrogen (secondary N) is 1. The largest absolute Gasteiger partial charge is 0.494 e. The van der Waals surface area contributed by atoms with Gasteiger partial charge in [-0.25, -0.2) is 9.59 Å². The van der Waals surface area contributed by atoms with Crippen molar-refractivity contribution < 1.29 is 28.6 Å². The molecule has 0 bridgehead atoms. The second-order valence-electron chi connectivity index (χ2n) is 5.87. The maximum Gasteiger partial charge on any atom is 0.338 e. The highest BCUT2D eigenvalue weighted by Gasteiger charge is 2.22. The van der Waals surface area contributed by atoms with Crippen molar-refractivity contribution >= 4 is 17.8 Å². The Morgan fingerprint density at radius 2 is 1.68 bits per heavy atom. The number of methoxy groups -OCH3 is 1. The van der Waals surface area contributed by atoms with Gasteiger partial charge in [0.15, 0.2) is 6.61 Å². The molecule has 1 amide bonds. The fraction of sp³-hybridized carbons (Fsp3) is 0.286. The highest BCUT2D eigenvalue weighted by Crippen LogP contribution is 2.13. The minimum atomic E-state index is -0.871. The monoisotopic (exact) mass is 385 g/mol. The molecule has 0 spiro atoms. The molecule has 0 radical (unpaired) electrons. The second-order valence-corrected chi connectivity index (χ2v) is 5.87. The molecule has 7 heteroatoms. The first kappa shape index (κ1) is 21.0. The van der Waals surface area contributed by atoms with Gasteiger partial charge in [0.05, 0.1) is 19.3 Å². The van der Waals surface area contributed by atoms with Crippen LogP contribution in [-0.2, 0) is 25.5 Å². The number of ether oxygens (including phenoxy) is 3. The maximum absolute atomic E-state index is 12.1. The Morgan fingerprint density at radius 3 is 2.29 bits per heavy atom. The van der Waals surface area contributed by atoms with Crippen LogP contribution in [0.2, 0.25) is 0 Å². The molecule has 0 heterocycles. The third-order valence-electron chi connectivity index (χ3n) is 3.84. The van der Waals surface area contributed by atoms with Gasteiger partial charge in [-0.1, -0.05) is 30.3 Å². The Hall–Kier alpha value is -3.35. The highest BCUT2D eigenvalue weighted by atomic mass is 16.5. The Balaban J connectivity index is 1.89. The molecule has 2 aromatic carbocycles. The summed E-state index contributed by atoms with van der Waals surface area (Å²) in [5.74, 6) is -1.17. The predicted octanol–water partition coefficient (Wildman–Crippen LogP) is 2.14. The minimum Gasteiger partial charge on any atom is -0.494 e. The zero-order chi connectivity index (χ0) is 20.4. The van der Waals surface area contributed by atoms with Gasteiger partial charge in [-0.2, -0.15) is 0 Å². The van der Waals surface area contributed by atoms with Crippen molar-refractivity contribution in [2.75, 3.05) is 20.3 Å². The Bertz CT molecular complexity index is 788. The van der Waals surface area contributed by atoms with E-state index in [2.05, 4.69) is 5.32 Å². The van der Waals surface area contributed by atoms with Crippen LogP contribution in [0, 0.1) is 0 Å². The zero-order valence-electron chi connectivity index (χ0n) is 15.8. The predicted molar refractivity (Wildman–Crippen MR) is 102 cm³/mol. The van der Waals surface area contributed by atoms with Crippen molar-refractivity contribution in [1.82, 2.24) is 5.32 Å². The summed E-state index contributed by atoms with van der Waals surface area (Å²) in [6.45, 7) is 1.88. The number of esters is 2. The fourth-order valence-electron chi connectivity index (χ4n) is 2.49. The maximum atomic E-state index is 12.1. The van der Waals surface area contributed by atoms with Crippen LogP contribution in [0.25, 0.3) is 0 Å². The van der Waals surface area contributed by atoms with Gasteiger partial charge in [0.25, 0.3) is 5.91 Å². The van der Waals surface area contributed by atoms with Gasteiger partial charge in [-0.15, -0.1) is 0 Å². The summed E-state index contributed by atoms with van der Waals surface area (Å²) in [5, 5.41) is 2.54. The molecule has 148 valence electrons. The number of hydrogen-bond donors (Lipinski definition) is 1. The second kappa shape index (κ2) is 10.7. The smallest absolute Gasteiger partial charge is 0.338 e. The van der Waals surface area contributed by atoms with E-state index in [4.69, 9.17) is 14.2 Å². The van der Waals surface area contributed by atoms with Crippen molar-refractivity contribution in [3.8, 4) is 5.75 Å². The third kappa shape index (κ3) is 6.42. The number of benzene rings is 2. The van der Waals surface area contributed by atoms with Crippen LogP contribution in [-0.4, -0.2) is 44.2 Å². The Labute approximate surface area is 163 Å². The summed E-state index contributed by atoms with van der Waals surface area (Å²) in [7, 11) is 1.25. The normalized spacial score (nSPS) is 11.2. The van der Waals surface area contributed by atoms with Crippen LogP contribution < -0.4 is 10.1 Å². The minimum absolute atomic E-state index is 0.270. The van der Waals surface area contributed by atoms with E-state index < -0.39 is 30.5 Å². The first-order chi connectivity index (χ1) is 13.5. The quantitative estimate of drug-likeness (QED) is 0.665. The van der Waals surface area contributed by atoms with Gasteiger partial charge in [0.1, 0.15) is 11.8 Å². The van der Waals surface area contributed by atoms with Crippen molar-refractivity contribution in [2.45, 2.75) is 19.4 Å². The molecule has 0 saturated heterocycles. The average molecular weight is 385 g/mol. The number of carbonyl (C=O) groups is 3. The van der Waals surface area contributed by atoms with Crippen LogP contribution in [0.5, 0.6) is 5.75 Å². The van der Waals surface area contributed by atoms with E-state index >= 15 is 0 Å². The van der Waals surface area contributed by atoms with Crippen molar-refractivity contribution in [3.05, 3.63) is 65.7 Å². The van der Waals surface area contributed by atoms with Crippen LogP contribution >= 0.6 is 0 Å². The van der Waals surface area contributed by atoms with Crippen molar-refractivity contribution in [3.63, 3.8) is 0 Å². The first-order valence-electron chi connectivity index (χ1n) is 8.84. The van der Waals surface area contributed by atoms with Crippen molar-refractivity contribution in [2.24, 2.45) is 0 Å². The molecule has 0 fully saturated rings. The summed E-state index contributed by atoms with van der Waals surface area (Å²) in [6, 6.07) is 14.7. The van der Waals surface area contributed by atoms with E-state index in [1.165, 1.54) is 7.11 Å². The van der Waals surface area contributed by atoms with E-state index in [0.29, 0.717) is 17.9 Å². The van der Waals surface area contributed by atoms with Crippen LogP contribution in [0.15, 0.2) is 54.6 Å². The molecule has 1 atom stereocenters. The lowest BCUT2D eigenvalue weighted by molar-refractivity contribution is -0.145. The molecule has 0 unspecified atom stereocenters. The molecule has 0 aliphatic heterocycles. The summed E-state index contributed by atoms with van der Waals surface area (Å²) >= 11 is 0. The molecule has 1 N–H and O–H groups in total. The molecule has 0 aliphatic carbocycles. The van der Waals surface area contributed by atoms with Gasteiger partial charge >= 0.3 is 11.9 Å². The fourth-order valence-corrected chi connectivity index (χ4v) is 2.49. The summed E-state index contributed by atoms with van der Waals surface area (Å²) in [6.07, 6.45) is 0.270. The Kier molecular flexibility index (Phi) is 8.02. The molecular formula is C21H23NO6. The van der Waals surface area contributed by atoms with Gasteiger partial charge in [-0.3, -0.25) is 4.79 Å². The topological polar surface area (TPSA) is 90.9 Å². The van der Waals surface area contributed by atoms with Gasteiger partial charge in [0.2, 0.25) is 0 Å². The third-order valence-corrected chi connectivity index (χ3v) is 3.84. The van der Waals surface area contributed by atoms with E-state index in [9.17, 15) is 14.4 Å². The van der Waals surface area contributed by atoms with Gasteiger partial charge in [-0.05, 0) is 36.8 Å². The number of amides is 1. The number of hydrogen-bond acceptors (Lipinski definition) is 6. The standard InChI is InChI=1S/C21H23NO6/c1-3-27-17-11-9-16(10-12-17)20(24)28-14-19(23)22-18(21(25)26-2)13-15-7-5-4-6-8-15/h4-12,18H,3,13-14H2,1-2H3,(H,22,23)/t18-/m1/s1. The van der Waals surface area contributed by atoms with E-state index in [1.807, 2.05) is 37.3 Å².